The molecule has 0 bridgehead atoms. The van der Waals surface area contributed by atoms with Gasteiger partial charge in [0, 0.05) is 11.9 Å². The zero-order valence-corrected chi connectivity index (χ0v) is 14.5. The van der Waals surface area contributed by atoms with Gasteiger partial charge in [0.15, 0.2) is 0 Å². The van der Waals surface area contributed by atoms with Gasteiger partial charge in [-0.15, -0.1) is 0 Å². The number of hydrogen-bond acceptors (Lipinski definition) is 3. The summed E-state index contributed by atoms with van der Waals surface area (Å²) < 4.78 is 1.84. The number of halogens is 1. The minimum atomic E-state index is -0.114. The van der Waals surface area contributed by atoms with Crippen LogP contribution in [0.15, 0.2) is 60.9 Å². The Kier molecular flexibility index (Phi) is 4.01. The zero-order valence-electron chi connectivity index (χ0n) is 13.7. The molecular formula is C19H17ClN4O. The number of fused-ring (bicyclic) bond motifs is 1. The molecule has 25 heavy (non-hydrogen) atoms. The first-order chi connectivity index (χ1) is 12.1. The van der Waals surface area contributed by atoms with Gasteiger partial charge >= 0.3 is 0 Å². The molecule has 5 nitrogen and oxygen atoms in total. The third kappa shape index (κ3) is 2.81. The van der Waals surface area contributed by atoms with E-state index in [1.807, 2.05) is 47.1 Å². The fourth-order valence-corrected chi connectivity index (χ4v) is 3.60. The molecule has 2 heterocycles. The number of carbonyl (C=O) groups excluding carboxylic acids is 1. The molecule has 2 atom stereocenters. The summed E-state index contributed by atoms with van der Waals surface area (Å²) in [5.41, 5.74) is 2.19. The van der Waals surface area contributed by atoms with Crippen molar-refractivity contribution in [2.75, 3.05) is 4.90 Å². The number of rotatable bonds is 2. The SMILES string of the molecule is CC(=O)N1c2ncnn2[C@@H](c2ccccc2)C[C@H]1c1ccc(Cl)cc1. The van der Waals surface area contributed by atoms with Gasteiger partial charge in [0.05, 0.1) is 12.1 Å². The van der Waals surface area contributed by atoms with Gasteiger partial charge in [-0.3, -0.25) is 9.69 Å². The summed E-state index contributed by atoms with van der Waals surface area (Å²) in [6.07, 6.45) is 2.23. The van der Waals surface area contributed by atoms with Gasteiger partial charge in [0.2, 0.25) is 11.9 Å². The lowest BCUT2D eigenvalue weighted by atomic mass is 9.92. The number of benzene rings is 2. The van der Waals surface area contributed by atoms with Gasteiger partial charge in [-0.1, -0.05) is 54.1 Å². The van der Waals surface area contributed by atoms with Crippen LogP contribution in [-0.4, -0.2) is 20.7 Å². The summed E-state index contributed by atoms with van der Waals surface area (Å²) in [5.74, 6) is 0.522. The summed E-state index contributed by atoms with van der Waals surface area (Å²) in [6, 6.07) is 17.7. The van der Waals surface area contributed by atoms with E-state index in [2.05, 4.69) is 22.2 Å². The molecule has 0 fully saturated rings. The van der Waals surface area contributed by atoms with Crippen LogP contribution < -0.4 is 4.90 Å². The van der Waals surface area contributed by atoms with Crippen LogP contribution in [0.4, 0.5) is 5.95 Å². The van der Waals surface area contributed by atoms with E-state index in [0.717, 1.165) is 17.5 Å². The van der Waals surface area contributed by atoms with Crippen LogP contribution in [0.1, 0.15) is 36.6 Å². The minimum Gasteiger partial charge on any atom is -0.275 e. The number of amides is 1. The van der Waals surface area contributed by atoms with Crippen LogP contribution in [0.25, 0.3) is 0 Å². The summed E-state index contributed by atoms with van der Waals surface area (Å²) in [7, 11) is 0. The van der Waals surface area contributed by atoms with E-state index < -0.39 is 0 Å². The topological polar surface area (TPSA) is 51.0 Å². The van der Waals surface area contributed by atoms with Crippen LogP contribution in [0.2, 0.25) is 5.02 Å². The Morgan fingerprint density at radius 2 is 1.72 bits per heavy atom. The molecule has 0 unspecified atom stereocenters. The van der Waals surface area contributed by atoms with Crippen molar-refractivity contribution in [3.63, 3.8) is 0 Å². The first kappa shape index (κ1) is 15.8. The van der Waals surface area contributed by atoms with Crippen molar-refractivity contribution in [3.8, 4) is 0 Å². The van der Waals surface area contributed by atoms with E-state index in [0.29, 0.717) is 11.0 Å². The largest absolute Gasteiger partial charge is 0.275 e. The van der Waals surface area contributed by atoms with E-state index in [1.54, 1.807) is 11.8 Å². The maximum Gasteiger partial charge on any atom is 0.231 e. The molecule has 0 spiro atoms. The van der Waals surface area contributed by atoms with Crippen molar-refractivity contribution in [2.24, 2.45) is 0 Å². The van der Waals surface area contributed by atoms with Crippen molar-refractivity contribution >= 4 is 23.5 Å². The highest BCUT2D eigenvalue weighted by Gasteiger charge is 2.37. The van der Waals surface area contributed by atoms with Gasteiger partial charge in [-0.05, 0) is 29.7 Å². The maximum absolute atomic E-state index is 12.4. The lowest BCUT2D eigenvalue weighted by molar-refractivity contribution is -0.117. The van der Waals surface area contributed by atoms with Gasteiger partial charge in [-0.25, -0.2) is 4.68 Å². The molecule has 1 aliphatic heterocycles. The zero-order chi connectivity index (χ0) is 17.4. The van der Waals surface area contributed by atoms with Gasteiger partial charge in [0.25, 0.3) is 0 Å². The van der Waals surface area contributed by atoms with E-state index in [-0.39, 0.29) is 18.0 Å². The molecule has 0 aliphatic carbocycles. The first-order valence-corrected chi connectivity index (χ1v) is 8.52. The fourth-order valence-electron chi connectivity index (χ4n) is 3.48. The lowest BCUT2D eigenvalue weighted by Crippen LogP contribution is -2.41. The minimum absolute atomic E-state index is 0.0231. The van der Waals surface area contributed by atoms with Crippen molar-refractivity contribution in [2.45, 2.75) is 25.4 Å². The molecule has 6 heteroatoms. The molecule has 1 aliphatic rings. The highest BCUT2D eigenvalue weighted by Crippen LogP contribution is 2.41. The molecule has 4 rings (SSSR count). The Labute approximate surface area is 150 Å². The van der Waals surface area contributed by atoms with E-state index in [1.165, 1.54) is 6.33 Å². The fraction of sp³-hybridized carbons (Fsp3) is 0.211. The maximum atomic E-state index is 12.4. The third-order valence-electron chi connectivity index (χ3n) is 4.60. The van der Waals surface area contributed by atoms with Crippen molar-refractivity contribution in [1.82, 2.24) is 14.8 Å². The molecule has 126 valence electrons. The van der Waals surface area contributed by atoms with Crippen LogP contribution in [-0.2, 0) is 4.79 Å². The molecule has 2 aromatic carbocycles. The second-order valence-corrected chi connectivity index (χ2v) is 6.56. The smallest absolute Gasteiger partial charge is 0.231 e. The van der Waals surface area contributed by atoms with Crippen LogP contribution in [0.3, 0.4) is 0 Å². The van der Waals surface area contributed by atoms with Crippen LogP contribution >= 0.6 is 11.6 Å². The number of carbonyl (C=O) groups is 1. The summed E-state index contributed by atoms with van der Waals surface area (Å²) in [6.45, 7) is 1.56. The molecule has 0 radical (unpaired) electrons. The normalized spacial score (nSPS) is 19.5. The summed E-state index contributed by atoms with van der Waals surface area (Å²) in [4.78, 5) is 18.4. The molecular weight excluding hydrogens is 336 g/mol. The van der Waals surface area contributed by atoms with Crippen molar-refractivity contribution < 1.29 is 4.79 Å². The van der Waals surface area contributed by atoms with Crippen molar-refractivity contribution in [3.05, 3.63) is 77.1 Å². The van der Waals surface area contributed by atoms with E-state index in [9.17, 15) is 4.79 Å². The predicted octanol–water partition coefficient (Wildman–Crippen LogP) is 4.02. The highest BCUT2D eigenvalue weighted by molar-refractivity contribution is 6.30. The van der Waals surface area contributed by atoms with Crippen LogP contribution in [0.5, 0.6) is 0 Å². The van der Waals surface area contributed by atoms with Gasteiger partial charge in [0.1, 0.15) is 6.33 Å². The third-order valence-corrected chi connectivity index (χ3v) is 4.85. The number of nitrogens with zero attached hydrogens (tertiary/aromatic N) is 4. The summed E-state index contributed by atoms with van der Waals surface area (Å²) in [5, 5.41) is 5.06. The molecule has 1 amide bonds. The summed E-state index contributed by atoms with van der Waals surface area (Å²) >= 11 is 6.03. The average Bonchev–Trinajstić information content (AvgIpc) is 3.11. The van der Waals surface area contributed by atoms with E-state index >= 15 is 0 Å². The highest BCUT2D eigenvalue weighted by atomic mass is 35.5. The van der Waals surface area contributed by atoms with Crippen molar-refractivity contribution in [1.29, 1.82) is 0 Å². The average molecular weight is 353 g/mol. The van der Waals surface area contributed by atoms with Gasteiger partial charge < -0.3 is 0 Å². The molecule has 0 saturated heterocycles. The Morgan fingerprint density at radius 3 is 2.40 bits per heavy atom. The van der Waals surface area contributed by atoms with Gasteiger partial charge in [-0.2, -0.15) is 10.1 Å². The standard InChI is InChI=1S/C19H17ClN4O/c1-13(25)23-17(15-7-9-16(20)10-8-15)11-18(14-5-3-2-4-6-14)24-19(23)21-12-22-24/h2-10,12,17-18H,11H2,1H3/t17-,18+/m0/s1. The monoisotopic (exact) mass is 352 g/mol. The quantitative estimate of drug-likeness (QED) is 0.700. The Hall–Kier alpha value is -2.66. The number of aromatic nitrogens is 3. The van der Waals surface area contributed by atoms with Crippen LogP contribution in [0, 0.1) is 0 Å². The predicted molar refractivity (Wildman–Crippen MR) is 96.6 cm³/mol. The molecule has 3 aromatic rings. The molecule has 0 N–H and O–H groups in total. The second kappa shape index (κ2) is 6.33. The Bertz CT molecular complexity index is 891. The molecule has 1 aromatic heterocycles. The Balaban J connectivity index is 1.84. The van der Waals surface area contributed by atoms with E-state index in [4.69, 9.17) is 11.6 Å². The number of anilines is 1. The first-order valence-electron chi connectivity index (χ1n) is 8.15. The molecule has 0 saturated carbocycles. The number of hydrogen-bond donors (Lipinski definition) is 0. The lowest BCUT2D eigenvalue weighted by Gasteiger charge is -2.38. The Morgan fingerprint density at radius 1 is 1.04 bits per heavy atom. The second-order valence-electron chi connectivity index (χ2n) is 6.12.